The number of nitrogens with one attached hydrogen (secondary N) is 1. The van der Waals surface area contributed by atoms with E-state index in [0.717, 1.165) is 11.3 Å². The van der Waals surface area contributed by atoms with E-state index in [1.165, 1.54) is 26.2 Å². The number of nitrogen functional groups attached to an aromatic ring is 1. The maximum atomic E-state index is 12.8. The van der Waals surface area contributed by atoms with Crippen LogP contribution in [0.25, 0.3) is 0 Å². The highest BCUT2D eigenvalue weighted by Gasteiger charge is 2.51. The van der Waals surface area contributed by atoms with Crippen LogP contribution < -0.4 is 11.1 Å². The van der Waals surface area contributed by atoms with Gasteiger partial charge < -0.3 is 20.6 Å². The van der Waals surface area contributed by atoms with Gasteiger partial charge in [-0.05, 0) is 41.5 Å². The molecule has 0 unspecified atom stereocenters. The van der Waals surface area contributed by atoms with Crippen molar-refractivity contribution in [2.24, 2.45) is 5.16 Å². The Labute approximate surface area is 188 Å². The number of amides is 2. The number of nitrogens with two attached hydrogens (primary N) is 1. The van der Waals surface area contributed by atoms with Crippen molar-refractivity contribution in [3.05, 3.63) is 11.1 Å². The molecule has 32 heavy (non-hydrogen) atoms. The molecule has 1 saturated heterocycles. The largest absolute Gasteiger partial charge is 0.457 e. The molecule has 15 heteroatoms. The third-order valence-electron chi connectivity index (χ3n) is 4.11. The van der Waals surface area contributed by atoms with Crippen molar-refractivity contribution in [3.8, 4) is 0 Å². The van der Waals surface area contributed by atoms with Gasteiger partial charge in [-0.1, -0.05) is 5.16 Å². The van der Waals surface area contributed by atoms with Crippen LogP contribution in [0.2, 0.25) is 0 Å². The quantitative estimate of drug-likeness (QED) is 0.155. The van der Waals surface area contributed by atoms with Crippen molar-refractivity contribution in [1.82, 2.24) is 14.6 Å². The lowest BCUT2D eigenvalue weighted by molar-refractivity contribution is -0.179. The van der Waals surface area contributed by atoms with Crippen molar-refractivity contribution in [1.29, 1.82) is 0 Å². The Morgan fingerprint density at radius 2 is 1.91 bits per heavy atom. The first kappa shape index (κ1) is 25.5. The molecule has 0 radical (unpaired) electrons. The molecule has 1 aromatic heterocycles. The number of thiazole rings is 1. The Morgan fingerprint density at radius 3 is 2.34 bits per heavy atom. The van der Waals surface area contributed by atoms with Crippen molar-refractivity contribution in [2.75, 3.05) is 5.73 Å². The fraction of sp³-hybridized carbons (Fsp3) is 0.588. The van der Waals surface area contributed by atoms with Gasteiger partial charge in [-0.15, -0.1) is 11.3 Å². The minimum Gasteiger partial charge on any atom is -0.457 e. The Bertz CT molecular complexity index is 1060. The van der Waals surface area contributed by atoms with Gasteiger partial charge in [0.05, 0.1) is 6.04 Å². The normalized spacial score (nSPS) is 19.9. The second-order valence-electron chi connectivity index (χ2n) is 8.42. The lowest BCUT2D eigenvalue weighted by Crippen LogP contribution is -2.71. The molecule has 1 fully saturated rings. The lowest BCUT2D eigenvalue weighted by atomic mass is 10.0. The number of rotatable bonds is 7. The Balaban J connectivity index is 2.26. The van der Waals surface area contributed by atoms with Crippen LogP contribution in [0.15, 0.2) is 10.5 Å². The molecule has 1 aliphatic heterocycles. The van der Waals surface area contributed by atoms with Crippen molar-refractivity contribution in [3.63, 3.8) is 0 Å². The van der Waals surface area contributed by atoms with E-state index in [1.807, 2.05) is 0 Å². The fourth-order valence-corrected chi connectivity index (χ4v) is 3.94. The molecule has 2 rings (SSSR count). The van der Waals surface area contributed by atoms with E-state index in [9.17, 15) is 22.8 Å². The highest BCUT2D eigenvalue weighted by Crippen LogP contribution is 2.24. The molecule has 2 amide bonds. The summed E-state index contributed by atoms with van der Waals surface area (Å²) in [6.07, 6.45) is 0. The third-order valence-corrected chi connectivity index (χ3v) is 5.79. The SMILES string of the molecule is C[C@H]1[C@H](NC(=O)/C(=N/OC(C)(C)C(=O)OC(C)(C)C)c2csc(N)n2)C(=O)N1S(=O)(=O)O. The highest BCUT2D eigenvalue weighted by atomic mass is 32.2. The van der Waals surface area contributed by atoms with Gasteiger partial charge in [0.1, 0.15) is 17.3 Å². The van der Waals surface area contributed by atoms with Gasteiger partial charge in [0.2, 0.25) is 5.60 Å². The zero-order valence-electron chi connectivity index (χ0n) is 18.3. The molecule has 0 bridgehead atoms. The topological polar surface area (TPSA) is 191 Å². The molecule has 0 aliphatic carbocycles. The average molecular weight is 492 g/mol. The van der Waals surface area contributed by atoms with E-state index in [1.54, 1.807) is 20.8 Å². The molecule has 2 atom stereocenters. The van der Waals surface area contributed by atoms with Gasteiger partial charge in [0.25, 0.3) is 11.8 Å². The van der Waals surface area contributed by atoms with Gasteiger partial charge in [0, 0.05) is 5.38 Å². The molecule has 0 aromatic carbocycles. The molecule has 4 N–H and O–H groups in total. The number of hydrogen-bond donors (Lipinski definition) is 3. The number of carbonyl (C=O) groups is 3. The second kappa shape index (κ2) is 8.63. The number of oxime groups is 1. The smallest absolute Gasteiger partial charge is 0.362 e. The number of carbonyl (C=O) groups excluding carboxylic acids is 3. The zero-order valence-corrected chi connectivity index (χ0v) is 19.9. The number of β-lactam (4-membered cyclic amide) rings is 1. The summed E-state index contributed by atoms with van der Waals surface area (Å²) in [4.78, 5) is 46.5. The molecule has 0 spiro atoms. The summed E-state index contributed by atoms with van der Waals surface area (Å²) in [5.41, 5.74) is 2.85. The third kappa shape index (κ3) is 5.72. The van der Waals surface area contributed by atoms with E-state index in [0.29, 0.717) is 0 Å². The molecule has 178 valence electrons. The highest BCUT2D eigenvalue weighted by molar-refractivity contribution is 7.84. The summed E-state index contributed by atoms with van der Waals surface area (Å²) in [5.74, 6) is -2.70. The number of anilines is 1. The van der Waals surface area contributed by atoms with Crippen LogP contribution >= 0.6 is 11.3 Å². The minimum atomic E-state index is -4.76. The van der Waals surface area contributed by atoms with Crippen LogP contribution in [-0.4, -0.2) is 69.0 Å². The molecule has 13 nitrogen and oxygen atoms in total. The van der Waals surface area contributed by atoms with E-state index in [-0.39, 0.29) is 15.1 Å². The first-order chi connectivity index (χ1) is 14.4. The summed E-state index contributed by atoms with van der Waals surface area (Å²) in [6, 6.07) is -2.29. The number of esters is 1. The van der Waals surface area contributed by atoms with Crippen molar-refractivity contribution >= 4 is 50.3 Å². The monoisotopic (exact) mass is 491 g/mol. The maximum absolute atomic E-state index is 12.8. The molecule has 1 aromatic rings. The number of hydrogen-bond acceptors (Lipinski definition) is 11. The number of aromatic nitrogens is 1. The summed E-state index contributed by atoms with van der Waals surface area (Å²) in [6.45, 7) is 9.11. The Hall–Kier alpha value is -2.78. The van der Waals surface area contributed by atoms with Crippen LogP contribution in [0.1, 0.15) is 47.2 Å². The fourth-order valence-electron chi connectivity index (χ4n) is 2.51. The van der Waals surface area contributed by atoms with E-state index >= 15 is 0 Å². The second-order valence-corrected chi connectivity index (χ2v) is 10.6. The minimum absolute atomic E-state index is 0.0102. The summed E-state index contributed by atoms with van der Waals surface area (Å²) < 4.78 is 37.1. The standard InChI is InChI=1S/C17H25N5O8S2/c1-8-10(13(24)22(8)32(26,27)28)20-12(23)11(9-7-31-15(18)19-9)21-30-17(5,6)14(25)29-16(2,3)4/h7-8,10H,1-6H3,(H2,18,19)(H,20,23)(H,26,27,28)/b21-11+/t8-,10-/m0/s1. The summed E-state index contributed by atoms with van der Waals surface area (Å²) in [5, 5.41) is 7.61. The van der Waals surface area contributed by atoms with Gasteiger partial charge in [-0.3, -0.25) is 14.1 Å². The zero-order chi connectivity index (χ0) is 24.6. The van der Waals surface area contributed by atoms with E-state index in [4.69, 9.17) is 19.9 Å². The predicted molar refractivity (Wildman–Crippen MR) is 114 cm³/mol. The average Bonchev–Trinajstić information content (AvgIpc) is 3.03. The summed E-state index contributed by atoms with van der Waals surface area (Å²) >= 11 is 1.01. The van der Waals surface area contributed by atoms with Crippen LogP contribution in [0.5, 0.6) is 0 Å². The molecular weight excluding hydrogens is 466 g/mol. The van der Waals surface area contributed by atoms with Gasteiger partial charge >= 0.3 is 16.3 Å². The first-order valence-corrected chi connectivity index (χ1v) is 11.5. The van der Waals surface area contributed by atoms with Gasteiger partial charge in [-0.25, -0.2) is 14.1 Å². The Kier molecular flexibility index (Phi) is 6.87. The van der Waals surface area contributed by atoms with Crippen LogP contribution in [0, 0.1) is 0 Å². The Morgan fingerprint density at radius 1 is 1.31 bits per heavy atom. The first-order valence-electron chi connectivity index (χ1n) is 9.26. The number of nitrogens with zero attached hydrogens (tertiary/aromatic N) is 3. The molecular formula is C17H25N5O8S2. The van der Waals surface area contributed by atoms with Crippen molar-refractivity contribution < 1.29 is 36.9 Å². The lowest BCUT2D eigenvalue weighted by Gasteiger charge is -2.42. The van der Waals surface area contributed by atoms with Gasteiger partial charge in [-0.2, -0.15) is 8.42 Å². The van der Waals surface area contributed by atoms with E-state index < -0.39 is 57.1 Å². The van der Waals surface area contributed by atoms with E-state index in [2.05, 4.69) is 15.5 Å². The van der Waals surface area contributed by atoms with Crippen LogP contribution in [-0.2, 0) is 34.3 Å². The molecule has 0 saturated carbocycles. The van der Waals surface area contributed by atoms with Crippen molar-refractivity contribution in [2.45, 2.75) is 64.8 Å². The summed E-state index contributed by atoms with van der Waals surface area (Å²) in [7, 11) is -4.76. The molecule has 1 aliphatic rings. The van der Waals surface area contributed by atoms with Crippen LogP contribution in [0.4, 0.5) is 5.13 Å². The van der Waals surface area contributed by atoms with Gasteiger partial charge in [0.15, 0.2) is 10.8 Å². The predicted octanol–water partition coefficient (Wildman–Crippen LogP) is 0.0846. The van der Waals surface area contributed by atoms with Crippen LogP contribution in [0.3, 0.4) is 0 Å². The molecule has 2 heterocycles. The maximum Gasteiger partial charge on any atom is 0.362 e. The number of ether oxygens (including phenoxy) is 1.